The van der Waals surface area contributed by atoms with Crippen molar-refractivity contribution in [3.8, 4) is 17.5 Å². The fraction of sp³-hybridized carbons (Fsp3) is 0.0638. The molecule has 0 saturated carbocycles. The number of aromatic nitrogens is 1. The summed E-state index contributed by atoms with van der Waals surface area (Å²) in [4.78, 5) is 2.45. The van der Waals surface area contributed by atoms with Gasteiger partial charge < -0.3 is 9.47 Å². The van der Waals surface area contributed by atoms with Gasteiger partial charge in [-0.1, -0.05) is 133 Å². The zero-order valence-electron chi connectivity index (χ0n) is 27.2. The number of fused-ring (bicyclic) bond motifs is 4. The molecule has 9 rings (SSSR count). The van der Waals surface area contributed by atoms with Crippen LogP contribution in [0.1, 0.15) is 30.4 Å². The predicted molar refractivity (Wildman–Crippen MR) is 208 cm³/mol. The van der Waals surface area contributed by atoms with Crippen LogP contribution >= 0.6 is 0 Å². The highest BCUT2D eigenvalue weighted by Crippen LogP contribution is 2.43. The third-order valence-electron chi connectivity index (χ3n) is 9.83. The van der Waals surface area contributed by atoms with E-state index < -0.39 is 0 Å². The Morgan fingerprint density at radius 3 is 2.02 bits per heavy atom. The van der Waals surface area contributed by atoms with Crippen LogP contribution in [0.15, 0.2) is 176 Å². The van der Waals surface area contributed by atoms with Gasteiger partial charge in [0.05, 0.1) is 22.4 Å². The van der Waals surface area contributed by atoms with Crippen molar-refractivity contribution < 1.29 is 0 Å². The number of rotatable bonds is 6. The topological polar surface area (TPSA) is 8.17 Å². The Labute approximate surface area is 287 Å². The average Bonchev–Trinajstić information content (AvgIpc) is 3.28. The zero-order chi connectivity index (χ0) is 32.6. The van der Waals surface area contributed by atoms with Crippen molar-refractivity contribution in [3.05, 3.63) is 187 Å². The molecule has 0 fully saturated rings. The molecule has 7 aromatic rings. The summed E-state index contributed by atoms with van der Waals surface area (Å²) in [5.74, 6) is 6.45. The van der Waals surface area contributed by atoms with Gasteiger partial charge in [0, 0.05) is 39.7 Å². The van der Waals surface area contributed by atoms with E-state index in [1.54, 1.807) is 0 Å². The Balaban J connectivity index is 1.23. The molecule has 0 spiro atoms. The van der Waals surface area contributed by atoms with Crippen molar-refractivity contribution in [1.29, 1.82) is 0 Å². The summed E-state index contributed by atoms with van der Waals surface area (Å²) in [7, 11) is 0. The normalized spacial score (nSPS) is 14.2. The molecular formula is C47H34N2. The highest BCUT2D eigenvalue weighted by atomic mass is 15.2. The van der Waals surface area contributed by atoms with Gasteiger partial charge in [0.2, 0.25) is 0 Å². The van der Waals surface area contributed by atoms with Gasteiger partial charge >= 0.3 is 0 Å². The standard InChI is InChI=1S/C47H34N2/c1-2-5-17-34(16-4-1)39-21-10-13-25-43(39)48(37-19-6-3-7-20-37)38-31-28-36(29-32-38)47-40-22-9-8-18-35(40)30-33-46(47)49-44-26-14-11-23-41(44)42-24-12-15-27-45(42)49/h1,3-4,6-16,18-28,30-31,33H,17,29,32H2. The van der Waals surface area contributed by atoms with Gasteiger partial charge in [-0.05, 0) is 83.3 Å². The van der Waals surface area contributed by atoms with Gasteiger partial charge in [0.15, 0.2) is 0 Å². The molecule has 2 aliphatic rings. The largest absolute Gasteiger partial charge is 0.314 e. The summed E-state index contributed by atoms with van der Waals surface area (Å²) >= 11 is 0. The molecule has 0 N–H and O–H groups in total. The van der Waals surface area contributed by atoms with Crippen LogP contribution in [0.2, 0.25) is 0 Å². The van der Waals surface area contributed by atoms with Crippen LogP contribution in [-0.4, -0.2) is 4.57 Å². The minimum Gasteiger partial charge on any atom is -0.314 e. The fourth-order valence-corrected chi connectivity index (χ4v) is 7.63. The van der Waals surface area contributed by atoms with Gasteiger partial charge in [-0.2, -0.15) is 0 Å². The van der Waals surface area contributed by atoms with E-state index in [1.807, 2.05) is 6.08 Å². The molecule has 0 radical (unpaired) electrons. The quantitative estimate of drug-likeness (QED) is 0.167. The maximum absolute atomic E-state index is 3.31. The monoisotopic (exact) mass is 626 g/mol. The van der Waals surface area contributed by atoms with Crippen molar-refractivity contribution in [1.82, 2.24) is 4.57 Å². The minimum absolute atomic E-state index is 0.725. The number of nitrogens with zero attached hydrogens (tertiary/aromatic N) is 2. The summed E-state index contributed by atoms with van der Waals surface area (Å²) in [6.07, 6.45) is 13.5. The van der Waals surface area contributed by atoms with E-state index in [1.165, 1.54) is 71.9 Å². The Morgan fingerprint density at radius 2 is 1.24 bits per heavy atom. The van der Waals surface area contributed by atoms with Crippen LogP contribution in [-0.2, 0) is 0 Å². The number of hydrogen-bond acceptors (Lipinski definition) is 1. The second-order valence-corrected chi connectivity index (χ2v) is 12.6. The van der Waals surface area contributed by atoms with Crippen LogP contribution in [0, 0.1) is 11.8 Å². The second kappa shape index (κ2) is 12.4. The maximum Gasteiger partial charge on any atom is 0.0543 e. The minimum atomic E-state index is 0.725. The van der Waals surface area contributed by atoms with Gasteiger partial charge in [-0.15, -0.1) is 0 Å². The van der Waals surface area contributed by atoms with Crippen molar-refractivity contribution in [2.75, 3.05) is 4.90 Å². The van der Waals surface area contributed by atoms with E-state index >= 15 is 0 Å². The lowest BCUT2D eigenvalue weighted by Crippen LogP contribution is -2.19. The van der Waals surface area contributed by atoms with E-state index in [-0.39, 0.29) is 0 Å². The number of para-hydroxylation sites is 4. The molecular weight excluding hydrogens is 593 g/mol. The maximum atomic E-state index is 3.31. The third-order valence-corrected chi connectivity index (χ3v) is 9.83. The first kappa shape index (κ1) is 28.9. The number of anilines is 2. The Bertz CT molecular complexity index is 2530. The lowest BCUT2D eigenvalue weighted by molar-refractivity contribution is 0.928. The smallest absolute Gasteiger partial charge is 0.0543 e. The number of hydrogen-bond donors (Lipinski definition) is 0. The summed E-state index contributed by atoms with van der Waals surface area (Å²) < 4.78 is 2.47. The van der Waals surface area contributed by atoms with Crippen LogP contribution in [0.4, 0.5) is 11.4 Å². The molecule has 2 aliphatic carbocycles. The summed E-state index contributed by atoms with van der Waals surface area (Å²) in [5.41, 5.74) is 12.4. The average molecular weight is 627 g/mol. The number of benzene rings is 6. The Hall–Kier alpha value is -6.30. The van der Waals surface area contributed by atoms with Gasteiger partial charge in [0.1, 0.15) is 0 Å². The molecule has 0 saturated heterocycles. The van der Waals surface area contributed by atoms with E-state index in [0.29, 0.717) is 0 Å². The van der Waals surface area contributed by atoms with Crippen molar-refractivity contribution in [3.63, 3.8) is 0 Å². The molecule has 49 heavy (non-hydrogen) atoms. The van der Waals surface area contributed by atoms with Gasteiger partial charge in [0.25, 0.3) is 0 Å². The zero-order valence-corrected chi connectivity index (χ0v) is 27.2. The van der Waals surface area contributed by atoms with E-state index in [4.69, 9.17) is 0 Å². The lowest BCUT2D eigenvalue weighted by Gasteiger charge is -2.32. The van der Waals surface area contributed by atoms with Gasteiger partial charge in [-0.3, -0.25) is 0 Å². The second-order valence-electron chi connectivity index (χ2n) is 12.6. The first-order valence-corrected chi connectivity index (χ1v) is 17.0. The SMILES string of the molecule is C1#CCC(c2ccccc2N(C2=CC=C(c3c(-n4c5ccccc5c5ccccc54)ccc4ccccc34)CC2)c2ccccc2)=CC=C1. The third kappa shape index (κ3) is 5.08. The molecule has 0 bridgehead atoms. The molecule has 1 aromatic heterocycles. The van der Waals surface area contributed by atoms with Crippen LogP contribution in [0.25, 0.3) is 49.4 Å². The van der Waals surface area contributed by atoms with E-state index in [0.717, 1.165) is 24.9 Å². The molecule has 232 valence electrons. The molecule has 2 nitrogen and oxygen atoms in total. The lowest BCUT2D eigenvalue weighted by atomic mass is 9.89. The van der Waals surface area contributed by atoms with Crippen LogP contribution in [0.3, 0.4) is 0 Å². The van der Waals surface area contributed by atoms with Crippen molar-refractivity contribution in [2.45, 2.75) is 19.3 Å². The predicted octanol–water partition coefficient (Wildman–Crippen LogP) is 12.2. The molecule has 0 aliphatic heterocycles. The Morgan fingerprint density at radius 1 is 0.551 bits per heavy atom. The molecule has 0 unspecified atom stereocenters. The number of allylic oxidation sites excluding steroid dienone is 8. The first-order chi connectivity index (χ1) is 24.3. The molecule has 0 atom stereocenters. The van der Waals surface area contributed by atoms with Gasteiger partial charge in [-0.25, -0.2) is 0 Å². The highest BCUT2D eigenvalue weighted by Gasteiger charge is 2.24. The van der Waals surface area contributed by atoms with Crippen LogP contribution in [0.5, 0.6) is 0 Å². The summed E-state index contributed by atoms with van der Waals surface area (Å²) in [6, 6.07) is 50.5. The van der Waals surface area contributed by atoms with Crippen molar-refractivity contribution in [2.24, 2.45) is 0 Å². The summed E-state index contributed by atoms with van der Waals surface area (Å²) in [5, 5.41) is 5.09. The summed E-state index contributed by atoms with van der Waals surface area (Å²) in [6.45, 7) is 0. The highest BCUT2D eigenvalue weighted by molar-refractivity contribution is 6.10. The van der Waals surface area contributed by atoms with E-state index in [2.05, 4.69) is 185 Å². The van der Waals surface area contributed by atoms with Crippen LogP contribution < -0.4 is 4.90 Å². The Kier molecular flexibility index (Phi) is 7.30. The molecule has 6 aromatic carbocycles. The van der Waals surface area contributed by atoms with Crippen molar-refractivity contribution >= 4 is 55.1 Å². The molecule has 0 amide bonds. The fourth-order valence-electron chi connectivity index (χ4n) is 7.63. The first-order valence-electron chi connectivity index (χ1n) is 17.0. The van der Waals surface area contributed by atoms with E-state index in [9.17, 15) is 0 Å². The molecule has 2 heteroatoms. The molecule has 1 heterocycles.